The van der Waals surface area contributed by atoms with Crippen molar-refractivity contribution in [2.24, 2.45) is 10.6 Å². The molecule has 0 saturated heterocycles. The van der Waals surface area contributed by atoms with E-state index in [1.165, 1.54) is 12.0 Å². The Balaban J connectivity index is 1.78. The highest BCUT2D eigenvalue weighted by molar-refractivity contribution is 7.89. The number of hydrogen-bond acceptors (Lipinski definition) is 3. The van der Waals surface area contributed by atoms with Crippen LogP contribution in [0.25, 0.3) is 11.1 Å². The summed E-state index contributed by atoms with van der Waals surface area (Å²) >= 11 is 0. The van der Waals surface area contributed by atoms with Crippen LogP contribution in [0.1, 0.15) is 30.4 Å². The number of rotatable bonds is 3. The second-order valence-electron chi connectivity index (χ2n) is 6.51. The Bertz CT molecular complexity index is 939. The number of nitrogens with two attached hydrogens (primary N) is 1. The highest BCUT2D eigenvalue weighted by atomic mass is 32.2. The third-order valence-electron chi connectivity index (χ3n) is 4.90. The molecular weight excluding hydrogens is 320 g/mol. The lowest BCUT2D eigenvalue weighted by Gasteiger charge is -2.34. The van der Waals surface area contributed by atoms with Gasteiger partial charge in [-0.3, -0.25) is 4.98 Å². The van der Waals surface area contributed by atoms with Crippen molar-refractivity contribution in [3.63, 3.8) is 0 Å². The molecule has 1 heterocycles. The predicted octanol–water partition coefficient (Wildman–Crippen LogP) is 3.38. The molecule has 1 aromatic carbocycles. The van der Waals surface area contributed by atoms with Crippen molar-refractivity contribution in [3.05, 3.63) is 72.1 Å². The maximum absolute atomic E-state index is 11.5. The first-order chi connectivity index (χ1) is 11.5. The van der Waals surface area contributed by atoms with Crippen molar-refractivity contribution in [1.29, 1.82) is 0 Å². The maximum Gasteiger partial charge on any atom is 0.238 e. The fourth-order valence-electron chi connectivity index (χ4n) is 3.47. The van der Waals surface area contributed by atoms with Crippen LogP contribution < -0.4 is 5.14 Å². The fourth-order valence-corrected chi connectivity index (χ4v) is 3.99. The third kappa shape index (κ3) is 2.60. The molecule has 2 aromatic rings. The number of pyridine rings is 1. The lowest BCUT2D eigenvalue weighted by atomic mass is 9.70. The molecular formula is C19H18N2O2S. The van der Waals surface area contributed by atoms with E-state index in [2.05, 4.69) is 23.2 Å². The van der Waals surface area contributed by atoms with Crippen molar-refractivity contribution in [2.45, 2.75) is 24.2 Å². The molecule has 0 atom stereocenters. The molecule has 2 N–H and O–H groups in total. The van der Waals surface area contributed by atoms with Gasteiger partial charge in [0.1, 0.15) is 0 Å². The Morgan fingerprint density at radius 3 is 2.12 bits per heavy atom. The standard InChI is InChI=1S/C19H18N2O2S/c20-24(22,23)16-6-4-14(5-7-16)17-11-19(8-2-9-19)12-18(17)15-3-1-10-21-13-15/h1,3-7,10-13H,2,8-9H2,(H2,20,22,23). The second-order valence-corrected chi connectivity index (χ2v) is 8.08. The predicted molar refractivity (Wildman–Crippen MR) is 94.3 cm³/mol. The summed E-state index contributed by atoms with van der Waals surface area (Å²) in [5.74, 6) is 0. The van der Waals surface area contributed by atoms with E-state index < -0.39 is 10.0 Å². The number of nitrogens with zero attached hydrogens (tertiary/aromatic N) is 1. The molecule has 4 nitrogen and oxygen atoms in total. The van der Waals surface area contributed by atoms with Crippen LogP contribution in [0, 0.1) is 5.41 Å². The quantitative estimate of drug-likeness (QED) is 0.932. The highest BCUT2D eigenvalue weighted by Gasteiger charge is 2.38. The molecule has 1 saturated carbocycles. The van der Waals surface area contributed by atoms with E-state index in [0.717, 1.165) is 29.5 Å². The zero-order valence-corrected chi connectivity index (χ0v) is 14.0. The Labute approximate surface area is 141 Å². The Kier molecular flexibility index (Phi) is 3.44. The van der Waals surface area contributed by atoms with Crippen LogP contribution in [0.15, 0.2) is 65.8 Å². The molecule has 2 aliphatic rings. The molecule has 1 spiro atoms. The average molecular weight is 338 g/mol. The van der Waals surface area contributed by atoms with Crippen LogP contribution in [-0.4, -0.2) is 13.4 Å². The highest BCUT2D eigenvalue weighted by Crippen LogP contribution is 2.53. The monoisotopic (exact) mass is 338 g/mol. The third-order valence-corrected chi connectivity index (χ3v) is 5.83. The summed E-state index contributed by atoms with van der Waals surface area (Å²) in [6.07, 6.45) is 11.9. The Morgan fingerprint density at radius 1 is 0.958 bits per heavy atom. The van der Waals surface area contributed by atoms with E-state index in [1.54, 1.807) is 18.3 Å². The van der Waals surface area contributed by atoms with Crippen LogP contribution in [0.4, 0.5) is 0 Å². The van der Waals surface area contributed by atoms with Crippen LogP contribution in [-0.2, 0) is 10.0 Å². The van der Waals surface area contributed by atoms with Gasteiger partial charge in [-0.15, -0.1) is 0 Å². The van der Waals surface area contributed by atoms with Gasteiger partial charge in [-0.1, -0.05) is 36.8 Å². The number of allylic oxidation sites excluding steroid dienone is 4. The average Bonchev–Trinajstić information content (AvgIpc) is 2.96. The number of hydrogen-bond donors (Lipinski definition) is 1. The summed E-state index contributed by atoms with van der Waals surface area (Å²) in [7, 11) is -3.67. The summed E-state index contributed by atoms with van der Waals surface area (Å²) in [6, 6.07) is 10.8. The van der Waals surface area contributed by atoms with Gasteiger partial charge < -0.3 is 0 Å². The topological polar surface area (TPSA) is 73.1 Å². The van der Waals surface area contributed by atoms with Crippen molar-refractivity contribution >= 4 is 21.2 Å². The minimum atomic E-state index is -3.67. The van der Waals surface area contributed by atoms with Crippen LogP contribution in [0.3, 0.4) is 0 Å². The molecule has 0 aliphatic heterocycles. The first kappa shape index (κ1) is 15.3. The van der Waals surface area contributed by atoms with Gasteiger partial charge in [0.25, 0.3) is 0 Å². The number of aromatic nitrogens is 1. The van der Waals surface area contributed by atoms with Crippen molar-refractivity contribution in [3.8, 4) is 0 Å². The summed E-state index contributed by atoms with van der Waals surface area (Å²) in [5, 5.41) is 5.19. The first-order valence-electron chi connectivity index (χ1n) is 7.97. The van der Waals surface area contributed by atoms with E-state index >= 15 is 0 Å². The van der Waals surface area contributed by atoms with Gasteiger partial charge in [0, 0.05) is 23.4 Å². The number of sulfonamides is 1. The van der Waals surface area contributed by atoms with Gasteiger partial charge in [0.2, 0.25) is 10.0 Å². The van der Waals surface area contributed by atoms with E-state index in [4.69, 9.17) is 5.14 Å². The van der Waals surface area contributed by atoms with E-state index in [1.807, 2.05) is 24.4 Å². The molecule has 1 fully saturated rings. The normalized spacial score (nSPS) is 18.9. The largest absolute Gasteiger partial charge is 0.264 e. The Morgan fingerprint density at radius 2 is 1.62 bits per heavy atom. The lowest BCUT2D eigenvalue weighted by Crippen LogP contribution is -2.22. The molecule has 1 aromatic heterocycles. The molecule has 0 unspecified atom stereocenters. The van der Waals surface area contributed by atoms with Crippen molar-refractivity contribution in [2.75, 3.05) is 0 Å². The van der Waals surface area contributed by atoms with E-state index in [0.29, 0.717) is 0 Å². The second kappa shape index (κ2) is 5.40. The Hall–Kier alpha value is -2.24. The molecule has 0 amide bonds. The SMILES string of the molecule is NS(=O)(=O)c1ccc(C2=CC3(C=C2c2cccnc2)CCC3)cc1. The van der Waals surface area contributed by atoms with E-state index in [9.17, 15) is 8.42 Å². The summed E-state index contributed by atoms with van der Waals surface area (Å²) in [6.45, 7) is 0. The van der Waals surface area contributed by atoms with Crippen molar-refractivity contribution < 1.29 is 8.42 Å². The molecule has 2 aliphatic carbocycles. The molecule has 0 bridgehead atoms. The smallest absolute Gasteiger partial charge is 0.238 e. The summed E-state index contributed by atoms with van der Waals surface area (Å²) in [5.41, 5.74) is 4.55. The van der Waals surface area contributed by atoms with Gasteiger partial charge in [-0.2, -0.15) is 0 Å². The molecule has 24 heavy (non-hydrogen) atoms. The lowest BCUT2D eigenvalue weighted by molar-refractivity contribution is 0.282. The van der Waals surface area contributed by atoms with Crippen molar-refractivity contribution in [1.82, 2.24) is 4.98 Å². The summed E-state index contributed by atoms with van der Waals surface area (Å²) < 4.78 is 22.9. The number of primary sulfonamides is 1. The van der Waals surface area contributed by atoms with E-state index in [-0.39, 0.29) is 10.3 Å². The molecule has 0 radical (unpaired) electrons. The minimum Gasteiger partial charge on any atom is -0.264 e. The minimum absolute atomic E-state index is 0.134. The number of benzene rings is 1. The molecule has 5 heteroatoms. The zero-order chi connectivity index (χ0) is 16.8. The van der Waals surface area contributed by atoms with Gasteiger partial charge in [-0.05, 0) is 47.8 Å². The van der Waals surface area contributed by atoms with Gasteiger partial charge in [0.05, 0.1) is 4.90 Å². The van der Waals surface area contributed by atoms with Gasteiger partial charge in [0.15, 0.2) is 0 Å². The van der Waals surface area contributed by atoms with Crippen LogP contribution in [0.2, 0.25) is 0 Å². The maximum atomic E-state index is 11.5. The molecule has 4 rings (SSSR count). The van der Waals surface area contributed by atoms with Gasteiger partial charge >= 0.3 is 0 Å². The van der Waals surface area contributed by atoms with Crippen LogP contribution in [0.5, 0.6) is 0 Å². The van der Waals surface area contributed by atoms with Crippen LogP contribution >= 0.6 is 0 Å². The summed E-state index contributed by atoms with van der Waals surface area (Å²) in [4.78, 5) is 4.37. The zero-order valence-electron chi connectivity index (χ0n) is 13.1. The first-order valence-corrected chi connectivity index (χ1v) is 9.51. The van der Waals surface area contributed by atoms with Gasteiger partial charge in [-0.25, -0.2) is 13.6 Å². The molecule has 122 valence electrons. The fraction of sp³-hybridized carbons (Fsp3) is 0.211.